The van der Waals surface area contributed by atoms with Crippen molar-refractivity contribution in [2.75, 3.05) is 38.0 Å². The molecule has 1 aliphatic rings. The Hall–Kier alpha value is -2.31. The van der Waals surface area contributed by atoms with Crippen molar-refractivity contribution < 1.29 is 9.59 Å². The van der Waals surface area contributed by atoms with Crippen LogP contribution in [-0.4, -0.2) is 58.9 Å². The summed E-state index contributed by atoms with van der Waals surface area (Å²) >= 11 is 5.88. The molecule has 2 heterocycles. The summed E-state index contributed by atoms with van der Waals surface area (Å²) in [5.74, 6) is 0.143. The van der Waals surface area contributed by atoms with E-state index >= 15 is 0 Å². The number of hydrogen-bond donors (Lipinski definition) is 1. The molecule has 0 atom stereocenters. The zero-order valence-electron chi connectivity index (χ0n) is 17.5. The lowest BCUT2D eigenvalue weighted by atomic mass is 10.1. The van der Waals surface area contributed by atoms with Crippen molar-refractivity contribution >= 4 is 29.1 Å². The normalized spacial score (nSPS) is 15.0. The third-order valence-electron chi connectivity index (χ3n) is 5.42. The van der Waals surface area contributed by atoms with Crippen LogP contribution in [0.3, 0.4) is 0 Å². The highest BCUT2D eigenvalue weighted by atomic mass is 35.5. The number of nitrogens with one attached hydrogen (secondary N) is 1. The summed E-state index contributed by atoms with van der Waals surface area (Å²) < 4.78 is 2.20. The Balaban J connectivity index is 1.53. The standard InChI is InChI=1S/C22H29ClN4O2/c1-15(2)27-16(3)13-20(17(27)4)21(28)14-25-9-11-26(12-10-25)22(29)24-19-7-5-18(23)6-8-19/h5-8,13,15H,9-12,14H2,1-4H3,(H,24,29). The molecule has 1 aliphatic heterocycles. The van der Waals surface area contributed by atoms with Crippen LogP contribution in [0.4, 0.5) is 10.5 Å². The third-order valence-corrected chi connectivity index (χ3v) is 5.68. The molecule has 0 radical (unpaired) electrons. The number of piperazine rings is 1. The molecule has 7 heteroatoms. The number of aromatic nitrogens is 1. The van der Waals surface area contributed by atoms with Gasteiger partial charge in [0, 0.05) is 59.9 Å². The fourth-order valence-electron chi connectivity index (χ4n) is 3.99. The van der Waals surface area contributed by atoms with E-state index in [4.69, 9.17) is 11.6 Å². The topological polar surface area (TPSA) is 57.6 Å². The third kappa shape index (κ3) is 5.00. The number of benzene rings is 1. The molecule has 0 unspecified atom stereocenters. The first kappa shape index (κ1) is 21.4. The SMILES string of the molecule is Cc1cc(C(=O)CN2CCN(C(=O)Nc3ccc(Cl)cc3)CC2)c(C)n1C(C)C. The van der Waals surface area contributed by atoms with Gasteiger partial charge in [0.05, 0.1) is 6.54 Å². The van der Waals surface area contributed by atoms with Crippen molar-refractivity contribution in [3.8, 4) is 0 Å². The van der Waals surface area contributed by atoms with E-state index in [2.05, 4.69) is 28.6 Å². The van der Waals surface area contributed by atoms with Gasteiger partial charge in [-0.25, -0.2) is 4.79 Å². The molecule has 6 nitrogen and oxygen atoms in total. The van der Waals surface area contributed by atoms with E-state index in [-0.39, 0.29) is 11.8 Å². The predicted octanol–water partition coefficient (Wildman–Crippen LogP) is 4.37. The van der Waals surface area contributed by atoms with Crippen LogP contribution in [0.15, 0.2) is 30.3 Å². The Morgan fingerprint density at radius 3 is 2.24 bits per heavy atom. The largest absolute Gasteiger partial charge is 0.346 e. The highest BCUT2D eigenvalue weighted by Crippen LogP contribution is 2.21. The molecule has 0 aliphatic carbocycles. The van der Waals surface area contributed by atoms with Gasteiger partial charge in [-0.1, -0.05) is 11.6 Å². The summed E-state index contributed by atoms with van der Waals surface area (Å²) in [7, 11) is 0. The van der Waals surface area contributed by atoms with Gasteiger partial charge in [0.25, 0.3) is 0 Å². The number of rotatable bonds is 5. The van der Waals surface area contributed by atoms with Gasteiger partial charge in [-0.3, -0.25) is 9.69 Å². The van der Waals surface area contributed by atoms with Gasteiger partial charge in [-0.05, 0) is 58.0 Å². The van der Waals surface area contributed by atoms with Crippen molar-refractivity contribution in [3.05, 3.63) is 52.3 Å². The molecule has 0 bridgehead atoms. The van der Waals surface area contributed by atoms with Gasteiger partial charge >= 0.3 is 6.03 Å². The number of urea groups is 1. The lowest BCUT2D eigenvalue weighted by Gasteiger charge is -2.34. The quantitative estimate of drug-likeness (QED) is 0.736. The fourth-order valence-corrected chi connectivity index (χ4v) is 4.11. The van der Waals surface area contributed by atoms with Crippen molar-refractivity contribution in [1.82, 2.24) is 14.4 Å². The summed E-state index contributed by atoms with van der Waals surface area (Å²) in [4.78, 5) is 29.2. The maximum absolute atomic E-state index is 12.8. The maximum Gasteiger partial charge on any atom is 0.321 e. The Kier molecular flexibility index (Phi) is 6.65. The minimum atomic E-state index is -0.126. The van der Waals surface area contributed by atoms with E-state index in [1.165, 1.54) is 0 Å². The number of carbonyl (C=O) groups excluding carboxylic acids is 2. The second-order valence-corrected chi connectivity index (χ2v) is 8.31. The Bertz CT molecular complexity index is 881. The molecule has 29 heavy (non-hydrogen) atoms. The van der Waals surface area contributed by atoms with Gasteiger partial charge in [0.2, 0.25) is 0 Å². The van der Waals surface area contributed by atoms with Gasteiger partial charge < -0.3 is 14.8 Å². The number of anilines is 1. The van der Waals surface area contributed by atoms with E-state index in [1.54, 1.807) is 29.2 Å². The minimum absolute atomic E-state index is 0.126. The van der Waals surface area contributed by atoms with Gasteiger partial charge in [-0.2, -0.15) is 0 Å². The molecule has 1 aromatic heterocycles. The summed E-state index contributed by atoms with van der Waals surface area (Å²) in [6.07, 6.45) is 0. The number of nitrogens with zero attached hydrogens (tertiary/aromatic N) is 3. The molecular formula is C22H29ClN4O2. The molecule has 2 amide bonds. The fraction of sp³-hybridized carbons (Fsp3) is 0.455. The van der Waals surface area contributed by atoms with Crippen molar-refractivity contribution in [2.45, 2.75) is 33.7 Å². The highest BCUT2D eigenvalue weighted by molar-refractivity contribution is 6.30. The number of hydrogen-bond acceptors (Lipinski definition) is 3. The average Bonchev–Trinajstić information content (AvgIpc) is 2.98. The Morgan fingerprint density at radius 2 is 1.69 bits per heavy atom. The Morgan fingerprint density at radius 1 is 1.07 bits per heavy atom. The lowest BCUT2D eigenvalue weighted by Crippen LogP contribution is -2.51. The van der Waals surface area contributed by atoms with E-state index in [0.29, 0.717) is 43.8 Å². The smallest absolute Gasteiger partial charge is 0.321 e. The van der Waals surface area contributed by atoms with E-state index < -0.39 is 0 Å². The summed E-state index contributed by atoms with van der Waals surface area (Å²) in [6.45, 7) is 11.3. The van der Waals surface area contributed by atoms with E-state index in [9.17, 15) is 9.59 Å². The van der Waals surface area contributed by atoms with Crippen LogP contribution in [0.2, 0.25) is 5.02 Å². The second kappa shape index (κ2) is 9.01. The van der Waals surface area contributed by atoms with Crippen LogP contribution >= 0.6 is 11.6 Å². The summed E-state index contributed by atoms with van der Waals surface area (Å²) in [5.41, 5.74) is 3.67. The lowest BCUT2D eigenvalue weighted by molar-refractivity contribution is 0.0883. The first-order valence-corrected chi connectivity index (χ1v) is 10.4. The molecule has 2 aromatic rings. The molecule has 0 saturated carbocycles. The van der Waals surface area contributed by atoms with Gasteiger partial charge in [-0.15, -0.1) is 0 Å². The maximum atomic E-state index is 12.8. The van der Waals surface area contributed by atoms with Crippen LogP contribution in [0.25, 0.3) is 0 Å². The molecule has 1 fully saturated rings. The monoisotopic (exact) mass is 416 g/mol. The zero-order chi connectivity index (χ0) is 21.1. The summed E-state index contributed by atoms with van der Waals surface area (Å²) in [5, 5.41) is 3.52. The first-order valence-electron chi connectivity index (χ1n) is 10.0. The predicted molar refractivity (Wildman–Crippen MR) is 117 cm³/mol. The number of aryl methyl sites for hydroxylation is 1. The number of Topliss-reactive ketones (excluding diaryl/α,β-unsaturated/α-hetero) is 1. The molecule has 3 rings (SSSR count). The molecule has 1 N–H and O–H groups in total. The van der Waals surface area contributed by atoms with Gasteiger partial charge in [0.15, 0.2) is 5.78 Å². The minimum Gasteiger partial charge on any atom is -0.346 e. The number of halogens is 1. The van der Waals surface area contributed by atoms with Crippen LogP contribution in [0, 0.1) is 13.8 Å². The Labute approximate surface area is 177 Å². The van der Waals surface area contributed by atoms with Crippen LogP contribution in [0.5, 0.6) is 0 Å². The number of amides is 2. The van der Waals surface area contributed by atoms with Crippen molar-refractivity contribution in [1.29, 1.82) is 0 Å². The average molecular weight is 417 g/mol. The van der Waals surface area contributed by atoms with Gasteiger partial charge in [0.1, 0.15) is 0 Å². The van der Waals surface area contributed by atoms with Crippen LogP contribution in [0.1, 0.15) is 41.6 Å². The van der Waals surface area contributed by atoms with E-state index in [1.807, 2.05) is 19.9 Å². The zero-order valence-corrected chi connectivity index (χ0v) is 18.3. The second-order valence-electron chi connectivity index (χ2n) is 7.87. The molecule has 1 aromatic carbocycles. The number of carbonyl (C=O) groups is 2. The first-order chi connectivity index (χ1) is 13.8. The highest BCUT2D eigenvalue weighted by Gasteiger charge is 2.24. The van der Waals surface area contributed by atoms with Crippen LogP contribution < -0.4 is 5.32 Å². The molecular weight excluding hydrogens is 388 g/mol. The molecule has 156 valence electrons. The van der Waals surface area contributed by atoms with E-state index in [0.717, 1.165) is 22.6 Å². The van der Waals surface area contributed by atoms with Crippen molar-refractivity contribution in [3.63, 3.8) is 0 Å². The molecule has 1 saturated heterocycles. The summed E-state index contributed by atoms with van der Waals surface area (Å²) in [6, 6.07) is 9.26. The number of ketones is 1. The van der Waals surface area contributed by atoms with Crippen molar-refractivity contribution in [2.24, 2.45) is 0 Å². The molecule has 0 spiro atoms. The van der Waals surface area contributed by atoms with Crippen LogP contribution in [-0.2, 0) is 0 Å².